The van der Waals surface area contributed by atoms with Crippen molar-refractivity contribution in [2.75, 3.05) is 5.32 Å². The van der Waals surface area contributed by atoms with E-state index >= 15 is 0 Å². The molecule has 0 aliphatic rings. The summed E-state index contributed by atoms with van der Waals surface area (Å²) in [5, 5.41) is 21.7. The molecule has 28 heavy (non-hydrogen) atoms. The fourth-order valence-electron chi connectivity index (χ4n) is 2.13. The lowest BCUT2D eigenvalue weighted by molar-refractivity contribution is -0.385. The van der Waals surface area contributed by atoms with Gasteiger partial charge in [0, 0.05) is 16.7 Å². The van der Waals surface area contributed by atoms with E-state index in [1.165, 1.54) is 35.2 Å². The van der Waals surface area contributed by atoms with Crippen molar-refractivity contribution < 1.29 is 14.1 Å². The summed E-state index contributed by atoms with van der Waals surface area (Å²) in [4.78, 5) is 23.1. The Morgan fingerprint density at radius 1 is 1.32 bits per heavy atom. The molecular weight excluding hydrogens is 427 g/mol. The maximum atomic E-state index is 13.2. The highest BCUT2D eigenvalue weighted by molar-refractivity contribution is 8.01. The van der Waals surface area contributed by atoms with Crippen LogP contribution in [0.1, 0.15) is 5.56 Å². The summed E-state index contributed by atoms with van der Waals surface area (Å²) in [6.45, 7) is 0. The molecule has 0 saturated heterocycles. The molecule has 0 bridgehead atoms. The highest BCUT2D eigenvalue weighted by Crippen LogP contribution is 2.35. The first-order valence-corrected chi connectivity index (χ1v) is 9.66. The first-order chi connectivity index (χ1) is 13.4. The van der Waals surface area contributed by atoms with Crippen molar-refractivity contribution in [1.82, 2.24) is 10.2 Å². The summed E-state index contributed by atoms with van der Waals surface area (Å²) in [6, 6.07) is 8.09. The average molecular weight is 437 g/mol. The maximum absolute atomic E-state index is 13.2. The number of hydrogen-bond donors (Lipinski definition) is 1. The third-order valence-electron chi connectivity index (χ3n) is 3.34. The van der Waals surface area contributed by atoms with Gasteiger partial charge in [0.25, 0.3) is 5.69 Å². The van der Waals surface area contributed by atoms with Crippen LogP contribution in [0.2, 0.25) is 5.02 Å². The second kappa shape index (κ2) is 8.91. The van der Waals surface area contributed by atoms with Crippen LogP contribution in [-0.2, 0) is 4.79 Å². The summed E-state index contributed by atoms with van der Waals surface area (Å²) in [7, 11) is 0. The lowest BCUT2D eigenvalue weighted by Gasteiger charge is -2.06. The number of carbonyl (C=O) groups excluding carboxylic acids is 1. The third kappa shape index (κ3) is 5.12. The van der Waals surface area contributed by atoms with Crippen LogP contribution in [0.3, 0.4) is 0 Å². The Labute approximate surface area is 171 Å². The highest BCUT2D eigenvalue weighted by Gasteiger charge is 2.13. The van der Waals surface area contributed by atoms with Crippen LogP contribution in [0.25, 0.3) is 6.08 Å². The molecule has 0 radical (unpaired) electrons. The molecule has 1 N–H and O–H groups in total. The number of nitro groups is 1. The third-order valence-corrected chi connectivity index (χ3v) is 5.62. The fourth-order valence-corrected chi connectivity index (χ4v) is 3.86. The maximum Gasteiger partial charge on any atom is 0.279 e. The second-order valence-electron chi connectivity index (χ2n) is 5.23. The Morgan fingerprint density at radius 2 is 2.14 bits per heavy atom. The summed E-state index contributed by atoms with van der Waals surface area (Å²) in [6.07, 6.45) is 2.37. The van der Waals surface area contributed by atoms with E-state index in [0.29, 0.717) is 10.7 Å². The standard InChI is InChI=1S/C17H10ClFN4O3S2/c18-13-8-12(4-5-15(13)28-17-22-20-9-27-17)21-16(24)6-2-10-1-3-11(19)7-14(10)23(25)26/h1-9H,(H,21,24). The molecule has 0 saturated carbocycles. The van der Waals surface area contributed by atoms with Crippen molar-refractivity contribution in [2.24, 2.45) is 0 Å². The van der Waals surface area contributed by atoms with E-state index in [0.717, 1.165) is 27.4 Å². The number of carbonyl (C=O) groups is 1. The van der Waals surface area contributed by atoms with E-state index in [2.05, 4.69) is 15.5 Å². The molecule has 2 aromatic carbocycles. The van der Waals surface area contributed by atoms with Crippen LogP contribution >= 0.6 is 34.7 Å². The van der Waals surface area contributed by atoms with E-state index in [-0.39, 0.29) is 5.56 Å². The Kier molecular flexibility index (Phi) is 6.34. The van der Waals surface area contributed by atoms with Gasteiger partial charge in [-0.25, -0.2) is 4.39 Å². The van der Waals surface area contributed by atoms with Crippen LogP contribution in [0, 0.1) is 15.9 Å². The monoisotopic (exact) mass is 436 g/mol. The molecule has 0 fully saturated rings. The molecule has 0 unspecified atom stereocenters. The van der Waals surface area contributed by atoms with Gasteiger partial charge in [0.05, 0.1) is 21.6 Å². The van der Waals surface area contributed by atoms with Gasteiger partial charge in [-0.2, -0.15) is 0 Å². The number of nitrogens with one attached hydrogen (secondary N) is 1. The number of benzene rings is 2. The second-order valence-corrected chi connectivity index (χ2v) is 7.76. The lowest BCUT2D eigenvalue weighted by Crippen LogP contribution is -2.07. The smallest absolute Gasteiger partial charge is 0.279 e. The summed E-state index contributed by atoms with van der Waals surface area (Å²) in [5.74, 6) is -1.24. The molecule has 1 heterocycles. The molecule has 142 valence electrons. The Bertz CT molecular complexity index is 1060. The van der Waals surface area contributed by atoms with Gasteiger partial charge < -0.3 is 5.32 Å². The van der Waals surface area contributed by atoms with E-state index in [9.17, 15) is 19.3 Å². The van der Waals surface area contributed by atoms with Crippen LogP contribution in [0.5, 0.6) is 0 Å². The molecular formula is C17H10ClFN4O3S2. The number of rotatable bonds is 6. The summed E-state index contributed by atoms with van der Waals surface area (Å²) >= 11 is 8.96. The number of nitrogens with zero attached hydrogens (tertiary/aromatic N) is 3. The van der Waals surface area contributed by atoms with Crippen molar-refractivity contribution in [3.05, 3.63) is 74.5 Å². The molecule has 3 aromatic rings. The summed E-state index contributed by atoms with van der Waals surface area (Å²) in [5.41, 5.74) is 1.76. The predicted octanol–water partition coefficient (Wildman–Crippen LogP) is 5.04. The topological polar surface area (TPSA) is 98.0 Å². The van der Waals surface area contributed by atoms with Crippen molar-refractivity contribution in [1.29, 1.82) is 0 Å². The van der Waals surface area contributed by atoms with Gasteiger partial charge in [-0.3, -0.25) is 14.9 Å². The number of halogens is 2. The normalized spacial score (nSPS) is 10.9. The van der Waals surface area contributed by atoms with Gasteiger partial charge in [-0.15, -0.1) is 10.2 Å². The Hall–Kier alpha value is -2.82. The van der Waals surface area contributed by atoms with Gasteiger partial charge in [-0.05, 0) is 36.4 Å². The Morgan fingerprint density at radius 3 is 2.82 bits per heavy atom. The number of anilines is 1. The quantitative estimate of drug-likeness (QED) is 0.330. The average Bonchev–Trinajstić information content (AvgIpc) is 3.16. The number of nitro benzene ring substituents is 1. The highest BCUT2D eigenvalue weighted by atomic mass is 35.5. The molecule has 7 nitrogen and oxygen atoms in total. The van der Waals surface area contributed by atoms with Crippen molar-refractivity contribution in [3.8, 4) is 0 Å². The fraction of sp³-hybridized carbons (Fsp3) is 0. The van der Waals surface area contributed by atoms with Gasteiger partial charge >= 0.3 is 0 Å². The zero-order valence-corrected chi connectivity index (χ0v) is 16.2. The first kappa shape index (κ1) is 19.9. The molecule has 3 rings (SSSR count). The first-order valence-electron chi connectivity index (χ1n) is 7.59. The van der Waals surface area contributed by atoms with Crippen LogP contribution in [0.4, 0.5) is 15.8 Å². The van der Waals surface area contributed by atoms with Crippen molar-refractivity contribution >= 4 is 58.1 Å². The van der Waals surface area contributed by atoms with Crippen molar-refractivity contribution in [2.45, 2.75) is 9.24 Å². The molecule has 1 aromatic heterocycles. The van der Waals surface area contributed by atoms with E-state index < -0.39 is 22.3 Å². The largest absolute Gasteiger partial charge is 0.322 e. The van der Waals surface area contributed by atoms with E-state index in [1.54, 1.807) is 23.7 Å². The van der Waals surface area contributed by atoms with Crippen LogP contribution in [0.15, 0.2) is 57.2 Å². The van der Waals surface area contributed by atoms with Gasteiger partial charge in [-0.1, -0.05) is 34.7 Å². The number of hydrogen-bond acceptors (Lipinski definition) is 7. The van der Waals surface area contributed by atoms with Gasteiger partial charge in [0.15, 0.2) is 4.34 Å². The minimum atomic E-state index is -0.727. The lowest BCUT2D eigenvalue weighted by atomic mass is 10.1. The molecule has 1 amide bonds. The minimum Gasteiger partial charge on any atom is -0.322 e. The van der Waals surface area contributed by atoms with Crippen LogP contribution in [-0.4, -0.2) is 21.0 Å². The van der Waals surface area contributed by atoms with Crippen LogP contribution < -0.4 is 5.32 Å². The van der Waals surface area contributed by atoms with E-state index in [4.69, 9.17) is 11.6 Å². The Balaban J connectivity index is 1.69. The molecule has 0 aliphatic heterocycles. The zero-order valence-electron chi connectivity index (χ0n) is 13.8. The number of aromatic nitrogens is 2. The summed E-state index contributed by atoms with van der Waals surface area (Å²) < 4.78 is 13.9. The number of amides is 1. The van der Waals surface area contributed by atoms with Crippen molar-refractivity contribution in [3.63, 3.8) is 0 Å². The predicted molar refractivity (Wildman–Crippen MR) is 106 cm³/mol. The molecule has 0 spiro atoms. The van der Waals surface area contributed by atoms with E-state index in [1.807, 2.05) is 0 Å². The minimum absolute atomic E-state index is 0.114. The molecule has 11 heteroatoms. The van der Waals surface area contributed by atoms with Gasteiger partial charge in [0.2, 0.25) is 5.91 Å². The SMILES string of the molecule is O=C(C=Cc1ccc(F)cc1[N+](=O)[O-])Nc1ccc(Sc2nncs2)c(Cl)c1. The molecule has 0 atom stereocenters. The van der Waals surface area contributed by atoms with Gasteiger partial charge in [0.1, 0.15) is 11.3 Å². The zero-order chi connectivity index (χ0) is 20.1. The molecule has 0 aliphatic carbocycles.